The van der Waals surface area contributed by atoms with Gasteiger partial charge in [0.1, 0.15) is 0 Å². The number of para-hydroxylation sites is 2. The number of nitrogens with one attached hydrogen (secondary N) is 1. The van der Waals surface area contributed by atoms with Gasteiger partial charge in [0.2, 0.25) is 0 Å². The highest BCUT2D eigenvalue weighted by Crippen LogP contribution is 2.23. The van der Waals surface area contributed by atoms with Gasteiger partial charge in [-0.25, -0.2) is 0 Å². The molecule has 0 fully saturated rings. The van der Waals surface area contributed by atoms with E-state index in [1.54, 1.807) is 0 Å². The van der Waals surface area contributed by atoms with Gasteiger partial charge < -0.3 is 10.2 Å². The summed E-state index contributed by atoms with van der Waals surface area (Å²) in [7, 11) is 4.15. The Bertz CT molecular complexity index is 282. The van der Waals surface area contributed by atoms with Crippen LogP contribution >= 0.6 is 0 Å². The van der Waals surface area contributed by atoms with Crippen LogP contribution in [0.5, 0.6) is 0 Å². The maximum Gasteiger partial charge on any atom is 0.0596 e. The van der Waals surface area contributed by atoms with E-state index in [9.17, 15) is 0 Å². The van der Waals surface area contributed by atoms with Crippen molar-refractivity contribution in [2.45, 2.75) is 26.2 Å². The van der Waals surface area contributed by atoms with E-state index in [1.807, 2.05) is 0 Å². The van der Waals surface area contributed by atoms with E-state index in [4.69, 9.17) is 0 Å². The maximum absolute atomic E-state index is 3.49. The summed E-state index contributed by atoms with van der Waals surface area (Å²) < 4.78 is 0. The molecule has 15 heavy (non-hydrogen) atoms. The molecule has 0 heterocycles. The zero-order chi connectivity index (χ0) is 11.1. The second-order valence-electron chi connectivity index (χ2n) is 4.05. The number of anilines is 2. The molecular weight excluding hydrogens is 184 g/mol. The quantitative estimate of drug-likeness (QED) is 0.718. The molecule has 1 aromatic rings. The fraction of sp³-hybridized carbons (Fsp3) is 0.538. The molecule has 0 aliphatic carbocycles. The van der Waals surface area contributed by atoms with Gasteiger partial charge in [-0.05, 0) is 18.6 Å². The lowest BCUT2D eigenvalue weighted by molar-refractivity contribution is 0.743. The Morgan fingerprint density at radius 2 is 1.87 bits per heavy atom. The van der Waals surface area contributed by atoms with E-state index in [2.05, 4.69) is 55.5 Å². The van der Waals surface area contributed by atoms with E-state index in [0.717, 1.165) is 6.54 Å². The predicted molar refractivity (Wildman–Crippen MR) is 68.8 cm³/mol. The maximum atomic E-state index is 3.49. The number of unbranched alkanes of at least 4 members (excludes halogenated alkanes) is 2. The van der Waals surface area contributed by atoms with Crippen molar-refractivity contribution in [3.63, 3.8) is 0 Å². The smallest absolute Gasteiger partial charge is 0.0596 e. The van der Waals surface area contributed by atoms with Gasteiger partial charge in [0.15, 0.2) is 0 Å². The Hall–Kier alpha value is -1.18. The molecule has 84 valence electrons. The summed E-state index contributed by atoms with van der Waals surface area (Å²) in [5, 5.41) is 3.49. The summed E-state index contributed by atoms with van der Waals surface area (Å²) in [6.45, 7) is 3.30. The SMILES string of the molecule is CCCCCNc1ccccc1N(C)C. The number of benzene rings is 1. The Morgan fingerprint density at radius 1 is 1.13 bits per heavy atom. The molecule has 1 aromatic carbocycles. The van der Waals surface area contributed by atoms with Crippen molar-refractivity contribution < 1.29 is 0 Å². The van der Waals surface area contributed by atoms with Crippen LogP contribution in [0, 0.1) is 0 Å². The van der Waals surface area contributed by atoms with Crippen molar-refractivity contribution in [1.82, 2.24) is 0 Å². The van der Waals surface area contributed by atoms with Gasteiger partial charge in [0, 0.05) is 20.6 Å². The zero-order valence-electron chi connectivity index (χ0n) is 10.1. The number of hydrogen-bond donors (Lipinski definition) is 1. The highest BCUT2D eigenvalue weighted by atomic mass is 15.1. The molecule has 0 aliphatic heterocycles. The lowest BCUT2D eigenvalue weighted by Gasteiger charge is -2.18. The second kappa shape index (κ2) is 6.33. The minimum atomic E-state index is 1.07. The van der Waals surface area contributed by atoms with Crippen LogP contribution in [0.1, 0.15) is 26.2 Å². The molecule has 0 atom stereocenters. The third-order valence-corrected chi connectivity index (χ3v) is 2.48. The van der Waals surface area contributed by atoms with Gasteiger partial charge in [-0.2, -0.15) is 0 Å². The molecule has 0 unspecified atom stereocenters. The molecule has 0 amide bonds. The number of nitrogens with zero attached hydrogens (tertiary/aromatic N) is 1. The van der Waals surface area contributed by atoms with E-state index in [-0.39, 0.29) is 0 Å². The topological polar surface area (TPSA) is 15.3 Å². The first-order valence-electron chi connectivity index (χ1n) is 5.76. The molecule has 2 heteroatoms. The first-order valence-corrected chi connectivity index (χ1v) is 5.76. The van der Waals surface area contributed by atoms with Crippen LogP contribution in [0.4, 0.5) is 11.4 Å². The summed E-state index contributed by atoms with van der Waals surface area (Å²) in [6.07, 6.45) is 3.83. The van der Waals surface area contributed by atoms with Crippen molar-refractivity contribution in [1.29, 1.82) is 0 Å². The zero-order valence-corrected chi connectivity index (χ0v) is 10.1. The van der Waals surface area contributed by atoms with Crippen molar-refractivity contribution in [3.8, 4) is 0 Å². The molecule has 0 saturated heterocycles. The van der Waals surface area contributed by atoms with Gasteiger partial charge in [-0.15, -0.1) is 0 Å². The van der Waals surface area contributed by atoms with Crippen LogP contribution in [0.3, 0.4) is 0 Å². The summed E-state index contributed by atoms with van der Waals surface area (Å²) in [5.41, 5.74) is 2.49. The summed E-state index contributed by atoms with van der Waals surface area (Å²) in [6, 6.07) is 8.44. The highest BCUT2D eigenvalue weighted by Gasteiger charge is 2.01. The molecule has 0 aliphatic rings. The van der Waals surface area contributed by atoms with Gasteiger partial charge in [0.05, 0.1) is 11.4 Å². The standard InChI is InChI=1S/C13H22N2/c1-4-5-8-11-14-12-9-6-7-10-13(12)15(2)3/h6-7,9-10,14H,4-5,8,11H2,1-3H3. The van der Waals surface area contributed by atoms with Crippen LogP contribution in [0.15, 0.2) is 24.3 Å². The molecule has 1 rings (SSSR count). The summed E-state index contributed by atoms with van der Waals surface area (Å²) in [4.78, 5) is 2.14. The molecule has 2 nitrogen and oxygen atoms in total. The summed E-state index contributed by atoms with van der Waals surface area (Å²) >= 11 is 0. The molecule has 0 saturated carbocycles. The molecule has 1 N–H and O–H groups in total. The molecule has 0 bridgehead atoms. The fourth-order valence-electron chi connectivity index (χ4n) is 1.61. The number of hydrogen-bond acceptors (Lipinski definition) is 2. The predicted octanol–water partition coefficient (Wildman–Crippen LogP) is 3.35. The van der Waals surface area contributed by atoms with Crippen LogP contribution < -0.4 is 10.2 Å². The monoisotopic (exact) mass is 206 g/mol. The Kier molecular flexibility index (Phi) is 5.02. The van der Waals surface area contributed by atoms with Crippen molar-refractivity contribution in [2.75, 3.05) is 30.9 Å². The molecular formula is C13H22N2. The Morgan fingerprint density at radius 3 is 2.53 bits per heavy atom. The molecule has 0 spiro atoms. The highest BCUT2D eigenvalue weighted by molar-refractivity contribution is 5.69. The van der Waals surface area contributed by atoms with Crippen LogP contribution in [0.25, 0.3) is 0 Å². The first kappa shape index (κ1) is 11.9. The van der Waals surface area contributed by atoms with Gasteiger partial charge >= 0.3 is 0 Å². The van der Waals surface area contributed by atoms with Crippen LogP contribution in [0.2, 0.25) is 0 Å². The Balaban J connectivity index is 2.52. The minimum absolute atomic E-state index is 1.07. The van der Waals surface area contributed by atoms with Crippen LogP contribution in [-0.2, 0) is 0 Å². The minimum Gasteiger partial charge on any atom is -0.383 e. The van der Waals surface area contributed by atoms with Crippen molar-refractivity contribution >= 4 is 11.4 Å². The van der Waals surface area contributed by atoms with E-state index < -0.39 is 0 Å². The lowest BCUT2D eigenvalue weighted by atomic mass is 10.2. The summed E-state index contributed by atoms with van der Waals surface area (Å²) in [5.74, 6) is 0. The normalized spacial score (nSPS) is 10.1. The van der Waals surface area contributed by atoms with Crippen molar-refractivity contribution in [3.05, 3.63) is 24.3 Å². The third kappa shape index (κ3) is 3.82. The lowest BCUT2D eigenvalue weighted by Crippen LogP contribution is -2.12. The Labute approximate surface area is 93.3 Å². The average molecular weight is 206 g/mol. The second-order valence-corrected chi connectivity index (χ2v) is 4.05. The molecule has 0 aromatic heterocycles. The van der Waals surface area contributed by atoms with Gasteiger partial charge in [-0.3, -0.25) is 0 Å². The largest absolute Gasteiger partial charge is 0.383 e. The number of rotatable bonds is 6. The molecule has 0 radical (unpaired) electrons. The van der Waals surface area contributed by atoms with Crippen LogP contribution in [-0.4, -0.2) is 20.6 Å². The van der Waals surface area contributed by atoms with Crippen molar-refractivity contribution in [2.24, 2.45) is 0 Å². The van der Waals surface area contributed by atoms with Gasteiger partial charge in [-0.1, -0.05) is 31.9 Å². The average Bonchev–Trinajstić information content (AvgIpc) is 2.25. The van der Waals surface area contributed by atoms with E-state index in [0.29, 0.717) is 0 Å². The van der Waals surface area contributed by atoms with E-state index >= 15 is 0 Å². The fourth-order valence-corrected chi connectivity index (χ4v) is 1.61. The van der Waals surface area contributed by atoms with E-state index in [1.165, 1.54) is 30.6 Å². The third-order valence-electron chi connectivity index (χ3n) is 2.48. The van der Waals surface area contributed by atoms with Gasteiger partial charge in [0.25, 0.3) is 0 Å². The first-order chi connectivity index (χ1) is 7.25.